The summed E-state index contributed by atoms with van der Waals surface area (Å²) < 4.78 is 0.189. The molecule has 0 amide bonds. The predicted octanol–water partition coefficient (Wildman–Crippen LogP) is 0.0596. The molecule has 0 unspecified atom stereocenters. The zero-order valence-electron chi connectivity index (χ0n) is 5.96. The van der Waals surface area contributed by atoms with Crippen molar-refractivity contribution < 1.29 is 9.90 Å². The molecule has 0 atom stereocenters. The quantitative estimate of drug-likeness (QED) is 0.570. The van der Waals surface area contributed by atoms with E-state index in [2.05, 4.69) is 22.2 Å². The van der Waals surface area contributed by atoms with Crippen molar-refractivity contribution in [3.05, 3.63) is 26.9 Å². The molecule has 0 aromatic carbocycles. The van der Waals surface area contributed by atoms with Crippen LogP contribution in [0.4, 0.5) is 0 Å². The molecule has 0 spiro atoms. The molecule has 0 aliphatic heterocycles. The van der Waals surface area contributed by atoms with Crippen molar-refractivity contribution in [3.8, 4) is 0 Å². The summed E-state index contributed by atoms with van der Waals surface area (Å²) in [6.07, 6.45) is 0.997. The standard InChI is InChI=1S/C6H6N2O3S/c9-4(10)1-3-2-7-6(12)8-5(3)11/h2H,1H2,(H,9,10)(H2,7,8,11,12). The Labute approximate surface area is 72.1 Å². The van der Waals surface area contributed by atoms with Gasteiger partial charge in [0.05, 0.1) is 6.42 Å². The molecule has 12 heavy (non-hydrogen) atoms. The van der Waals surface area contributed by atoms with Gasteiger partial charge in [0, 0.05) is 11.8 Å². The number of carboxylic acid groups (broad SMARTS) is 1. The van der Waals surface area contributed by atoms with Crippen molar-refractivity contribution in [2.75, 3.05) is 0 Å². The van der Waals surface area contributed by atoms with E-state index in [1.54, 1.807) is 0 Å². The van der Waals surface area contributed by atoms with Crippen LogP contribution in [-0.4, -0.2) is 21.0 Å². The highest BCUT2D eigenvalue weighted by atomic mass is 32.1. The molecule has 64 valence electrons. The highest BCUT2D eigenvalue weighted by Gasteiger charge is 2.03. The van der Waals surface area contributed by atoms with Gasteiger partial charge in [-0.1, -0.05) is 0 Å². The van der Waals surface area contributed by atoms with Crippen LogP contribution < -0.4 is 5.56 Å². The Morgan fingerprint density at radius 1 is 1.67 bits per heavy atom. The van der Waals surface area contributed by atoms with E-state index in [4.69, 9.17) is 5.11 Å². The summed E-state index contributed by atoms with van der Waals surface area (Å²) in [5, 5.41) is 8.37. The zero-order chi connectivity index (χ0) is 9.14. The monoisotopic (exact) mass is 186 g/mol. The lowest BCUT2D eigenvalue weighted by atomic mass is 10.2. The van der Waals surface area contributed by atoms with E-state index in [0.29, 0.717) is 0 Å². The number of nitrogens with one attached hydrogen (secondary N) is 2. The van der Waals surface area contributed by atoms with Crippen LogP contribution in [0.1, 0.15) is 5.56 Å². The van der Waals surface area contributed by atoms with Crippen LogP contribution in [0.5, 0.6) is 0 Å². The minimum absolute atomic E-state index is 0.163. The lowest BCUT2D eigenvalue weighted by Gasteiger charge is -1.93. The van der Waals surface area contributed by atoms with Crippen molar-refractivity contribution in [3.63, 3.8) is 0 Å². The number of H-pyrrole nitrogens is 2. The molecule has 1 rings (SSSR count). The van der Waals surface area contributed by atoms with Crippen molar-refractivity contribution in [2.24, 2.45) is 0 Å². The normalized spacial score (nSPS) is 9.67. The van der Waals surface area contributed by atoms with Gasteiger partial charge < -0.3 is 10.1 Å². The molecule has 3 N–H and O–H groups in total. The number of hydrogen-bond acceptors (Lipinski definition) is 3. The second-order valence-corrected chi connectivity index (χ2v) is 2.58. The molecule has 0 saturated carbocycles. The van der Waals surface area contributed by atoms with Crippen LogP contribution >= 0.6 is 12.2 Å². The van der Waals surface area contributed by atoms with E-state index in [1.165, 1.54) is 6.20 Å². The molecule has 0 fully saturated rings. The Kier molecular flexibility index (Phi) is 2.39. The van der Waals surface area contributed by atoms with E-state index >= 15 is 0 Å². The van der Waals surface area contributed by atoms with Gasteiger partial charge in [-0.3, -0.25) is 14.6 Å². The van der Waals surface area contributed by atoms with Gasteiger partial charge in [0.1, 0.15) is 0 Å². The molecule has 1 aromatic rings. The van der Waals surface area contributed by atoms with Crippen LogP contribution in [0.3, 0.4) is 0 Å². The van der Waals surface area contributed by atoms with Gasteiger partial charge in [-0.15, -0.1) is 0 Å². The van der Waals surface area contributed by atoms with Gasteiger partial charge in [-0.2, -0.15) is 0 Å². The highest BCUT2D eigenvalue weighted by Crippen LogP contribution is 1.88. The third-order valence-corrected chi connectivity index (χ3v) is 1.46. The molecular weight excluding hydrogens is 180 g/mol. The molecular formula is C6H6N2O3S. The van der Waals surface area contributed by atoms with E-state index in [9.17, 15) is 9.59 Å². The first kappa shape index (κ1) is 8.66. The van der Waals surface area contributed by atoms with Crippen molar-refractivity contribution in [2.45, 2.75) is 6.42 Å². The summed E-state index contributed by atoms with van der Waals surface area (Å²) in [6, 6.07) is 0. The van der Waals surface area contributed by atoms with Crippen LogP contribution in [0.15, 0.2) is 11.0 Å². The van der Waals surface area contributed by atoms with Crippen molar-refractivity contribution in [1.82, 2.24) is 9.97 Å². The van der Waals surface area contributed by atoms with Gasteiger partial charge in [0.15, 0.2) is 4.77 Å². The van der Waals surface area contributed by atoms with Crippen molar-refractivity contribution in [1.29, 1.82) is 0 Å². The second-order valence-electron chi connectivity index (χ2n) is 2.17. The molecule has 0 radical (unpaired) electrons. The Balaban J connectivity index is 3.10. The number of hydrogen-bond donors (Lipinski definition) is 3. The third-order valence-electron chi connectivity index (χ3n) is 1.24. The zero-order valence-corrected chi connectivity index (χ0v) is 6.77. The first-order valence-corrected chi connectivity index (χ1v) is 3.53. The summed E-state index contributed by atoms with van der Waals surface area (Å²) in [4.78, 5) is 26.0. The fraction of sp³-hybridized carbons (Fsp3) is 0.167. The average Bonchev–Trinajstić information content (AvgIpc) is 1.94. The smallest absolute Gasteiger partial charge is 0.308 e. The number of aliphatic carboxylic acids is 1. The topological polar surface area (TPSA) is 85.9 Å². The Morgan fingerprint density at radius 3 is 2.83 bits per heavy atom. The first-order chi connectivity index (χ1) is 5.59. The van der Waals surface area contributed by atoms with Crippen LogP contribution in [-0.2, 0) is 11.2 Å². The summed E-state index contributed by atoms with van der Waals surface area (Å²) in [5.74, 6) is -1.05. The van der Waals surface area contributed by atoms with Gasteiger partial charge in [-0.05, 0) is 12.2 Å². The lowest BCUT2D eigenvalue weighted by Crippen LogP contribution is -2.16. The molecule has 0 aliphatic carbocycles. The maximum Gasteiger partial charge on any atom is 0.308 e. The fourth-order valence-corrected chi connectivity index (χ4v) is 0.884. The maximum absolute atomic E-state index is 11.0. The molecule has 5 nitrogen and oxygen atoms in total. The summed E-state index contributed by atoms with van der Waals surface area (Å²) in [7, 11) is 0. The molecule has 0 aliphatic rings. The highest BCUT2D eigenvalue weighted by molar-refractivity contribution is 7.71. The van der Waals surface area contributed by atoms with Crippen LogP contribution in [0, 0.1) is 4.77 Å². The fourth-order valence-electron chi connectivity index (χ4n) is 0.732. The van der Waals surface area contributed by atoms with E-state index in [0.717, 1.165) is 0 Å². The van der Waals surface area contributed by atoms with Crippen LogP contribution in [0.25, 0.3) is 0 Å². The van der Waals surface area contributed by atoms with Gasteiger partial charge >= 0.3 is 5.97 Å². The number of carboxylic acids is 1. The number of aromatic nitrogens is 2. The minimum Gasteiger partial charge on any atom is -0.481 e. The summed E-state index contributed by atoms with van der Waals surface area (Å²) in [5.41, 5.74) is -0.294. The first-order valence-electron chi connectivity index (χ1n) is 3.12. The Hall–Kier alpha value is -1.43. The molecule has 1 aromatic heterocycles. The lowest BCUT2D eigenvalue weighted by molar-refractivity contribution is -0.136. The number of carbonyl (C=O) groups is 1. The summed E-state index contributed by atoms with van der Waals surface area (Å²) in [6.45, 7) is 0. The SMILES string of the molecule is O=C(O)Cc1c[nH]c(=S)[nH]c1=O. The summed E-state index contributed by atoms with van der Waals surface area (Å²) >= 11 is 4.61. The molecule has 0 saturated heterocycles. The number of aromatic amines is 2. The van der Waals surface area contributed by atoms with E-state index < -0.39 is 11.5 Å². The molecule has 0 bridgehead atoms. The van der Waals surface area contributed by atoms with E-state index in [-0.39, 0.29) is 16.8 Å². The van der Waals surface area contributed by atoms with Crippen LogP contribution in [0.2, 0.25) is 0 Å². The van der Waals surface area contributed by atoms with Crippen molar-refractivity contribution >= 4 is 18.2 Å². The third kappa shape index (κ3) is 2.03. The Bertz CT molecular complexity index is 406. The van der Waals surface area contributed by atoms with Gasteiger partial charge in [-0.25, -0.2) is 0 Å². The number of rotatable bonds is 2. The van der Waals surface area contributed by atoms with Gasteiger partial charge in [0.2, 0.25) is 0 Å². The Morgan fingerprint density at radius 2 is 2.33 bits per heavy atom. The molecule has 6 heteroatoms. The second kappa shape index (κ2) is 3.31. The van der Waals surface area contributed by atoms with E-state index in [1.807, 2.05) is 0 Å². The maximum atomic E-state index is 11.0. The molecule has 1 heterocycles. The average molecular weight is 186 g/mol. The largest absolute Gasteiger partial charge is 0.481 e. The predicted molar refractivity (Wildman–Crippen MR) is 43.6 cm³/mol. The minimum atomic E-state index is -1.05. The van der Waals surface area contributed by atoms with Gasteiger partial charge in [0.25, 0.3) is 5.56 Å².